The van der Waals surface area contributed by atoms with Crippen LogP contribution in [0.4, 0.5) is 18.0 Å². The number of hydrogen-bond acceptors (Lipinski definition) is 6. The summed E-state index contributed by atoms with van der Waals surface area (Å²) >= 11 is 0.804. The van der Waals surface area contributed by atoms with Crippen LogP contribution in [0.15, 0.2) is 11.4 Å². The van der Waals surface area contributed by atoms with E-state index in [4.69, 9.17) is 9.47 Å². The zero-order chi connectivity index (χ0) is 21.3. The molecule has 11 heteroatoms. The zero-order valence-corrected chi connectivity index (χ0v) is 16.8. The Balaban J connectivity index is 1.88. The van der Waals surface area contributed by atoms with Crippen molar-refractivity contribution in [3.63, 3.8) is 0 Å². The third-order valence-corrected chi connectivity index (χ3v) is 5.31. The van der Waals surface area contributed by atoms with Crippen molar-refractivity contribution in [3.05, 3.63) is 22.6 Å². The van der Waals surface area contributed by atoms with Crippen molar-refractivity contribution in [2.75, 3.05) is 20.1 Å². The summed E-state index contributed by atoms with van der Waals surface area (Å²) in [4.78, 5) is 29.6. The molecule has 0 bridgehead atoms. The van der Waals surface area contributed by atoms with Gasteiger partial charge < -0.3 is 19.7 Å². The fourth-order valence-electron chi connectivity index (χ4n) is 2.99. The maximum absolute atomic E-state index is 13.5. The molecular formula is C18H20F3N3O4S. The van der Waals surface area contributed by atoms with E-state index in [1.54, 1.807) is 13.8 Å². The summed E-state index contributed by atoms with van der Waals surface area (Å²) in [5.41, 5.74) is -0.919. The molecule has 1 aliphatic heterocycles. The van der Waals surface area contributed by atoms with E-state index < -0.39 is 29.8 Å². The van der Waals surface area contributed by atoms with Crippen LogP contribution in [0.5, 0.6) is 5.88 Å². The van der Waals surface area contributed by atoms with Crippen LogP contribution in [0.3, 0.4) is 0 Å². The van der Waals surface area contributed by atoms with Crippen molar-refractivity contribution in [1.82, 2.24) is 15.2 Å². The molecule has 1 atom stereocenters. The van der Waals surface area contributed by atoms with Gasteiger partial charge in [0.25, 0.3) is 5.91 Å². The molecular weight excluding hydrogens is 411 g/mol. The molecule has 0 radical (unpaired) electrons. The number of carbonyl (C=O) groups excluding carboxylic acids is 2. The Bertz CT molecular complexity index is 929. The van der Waals surface area contributed by atoms with Crippen LogP contribution in [0, 0.1) is 0 Å². The van der Waals surface area contributed by atoms with Gasteiger partial charge in [0.2, 0.25) is 5.88 Å². The van der Waals surface area contributed by atoms with E-state index in [1.807, 2.05) is 0 Å². The number of halogens is 3. The number of fused-ring (bicyclic) bond motifs is 1. The van der Waals surface area contributed by atoms with Crippen molar-refractivity contribution in [1.29, 1.82) is 0 Å². The summed E-state index contributed by atoms with van der Waals surface area (Å²) in [5, 5.41) is 3.73. The molecule has 1 fully saturated rings. The van der Waals surface area contributed by atoms with Crippen molar-refractivity contribution >= 4 is 33.6 Å². The molecule has 2 aromatic heterocycles. The van der Waals surface area contributed by atoms with Crippen LogP contribution in [0.2, 0.25) is 0 Å². The molecule has 0 unspecified atom stereocenters. The Morgan fingerprint density at radius 3 is 2.72 bits per heavy atom. The van der Waals surface area contributed by atoms with E-state index in [-0.39, 0.29) is 34.3 Å². The van der Waals surface area contributed by atoms with Crippen LogP contribution in [0.25, 0.3) is 10.2 Å². The fourth-order valence-corrected chi connectivity index (χ4v) is 4.01. The van der Waals surface area contributed by atoms with E-state index in [0.717, 1.165) is 17.4 Å². The quantitative estimate of drug-likeness (QED) is 0.799. The van der Waals surface area contributed by atoms with Crippen molar-refractivity contribution in [3.8, 4) is 5.88 Å². The largest absolute Gasteiger partial charge is 0.472 e. The first-order valence-electron chi connectivity index (χ1n) is 8.94. The number of ether oxygens (including phenoxy) is 2. The lowest BCUT2D eigenvalue weighted by atomic mass is 10.2. The van der Waals surface area contributed by atoms with E-state index >= 15 is 0 Å². The number of likely N-dealkylation sites (tertiary alicyclic amines) is 1. The number of pyridine rings is 1. The Kier molecular flexibility index (Phi) is 5.87. The van der Waals surface area contributed by atoms with Gasteiger partial charge in [0.05, 0.1) is 34.0 Å². The van der Waals surface area contributed by atoms with Crippen LogP contribution >= 0.6 is 11.3 Å². The monoisotopic (exact) mass is 431 g/mol. The molecule has 7 nitrogen and oxygen atoms in total. The average molecular weight is 431 g/mol. The molecule has 1 aliphatic rings. The minimum Gasteiger partial charge on any atom is -0.472 e. The summed E-state index contributed by atoms with van der Waals surface area (Å²) < 4.78 is 51.3. The maximum Gasteiger partial charge on any atom is 0.418 e. The molecule has 1 saturated heterocycles. The van der Waals surface area contributed by atoms with E-state index in [1.165, 1.54) is 17.3 Å². The van der Waals surface area contributed by atoms with Gasteiger partial charge in [-0.15, -0.1) is 11.3 Å². The number of aromatic nitrogens is 1. The van der Waals surface area contributed by atoms with Crippen LogP contribution in [-0.2, 0) is 10.9 Å². The molecule has 2 amide bonds. The molecule has 1 N–H and O–H groups in total. The highest BCUT2D eigenvalue weighted by Crippen LogP contribution is 2.40. The zero-order valence-electron chi connectivity index (χ0n) is 16.0. The van der Waals surface area contributed by atoms with Gasteiger partial charge in [0.1, 0.15) is 6.10 Å². The van der Waals surface area contributed by atoms with Gasteiger partial charge in [-0.3, -0.25) is 4.79 Å². The van der Waals surface area contributed by atoms with E-state index in [9.17, 15) is 22.8 Å². The fraction of sp³-hybridized carbons (Fsp3) is 0.500. The smallest absolute Gasteiger partial charge is 0.418 e. The second-order valence-electron chi connectivity index (χ2n) is 6.82. The summed E-state index contributed by atoms with van der Waals surface area (Å²) in [6.07, 6.45) is -5.50. The second kappa shape index (κ2) is 8.05. The highest BCUT2D eigenvalue weighted by atomic mass is 32.1. The van der Waals surface area contributed by atoms with Gasteiger partial charge in [0.15, 0.2) is 0 Å². The molecule has 0 spiro atoms. The maximum atomic E-state index is 13.5. The molecule has 2 aromatic rings. The van der Waals surface area contributed by atoms with Crippen molar-refractivity contribution < 1.29 is 32.2 Å². The van der Waals surface area contributed by atoms with Crippen molar-refractivity contribution in [2.24, 2.45) is 0 Å². The van der Waals surface area contributed by atoms with Crippen LogP contribution in [0.1, 0.15) is 36.2 Å². The standard InChI is InChI=1S/C18H20F3N3O4S/c1-9(2)27-17(26)24-5-4-10(7-24)28-13-6-12(18(19,20)21)15-14(23-13)11(8-29-15)16(25)22-3/h6,8-10H,4-5,7H2,1-3H3,(H,22,25)/t10-/m0/s1. The first-order valence-corrected chi connectivity index (χ1v) is 9.81. The van der Waals surface area contributed by atoms with Crippen molar-refractivity contribution in [2.45, 2.75) is 38.7 Å². The van der Waals surface area contributed by atoms with Crippen LogP contribution in [-0.4, -0.2) is 54.2 Å². The van der Waals surface area contributed by atoms with Gasteiger partial charge in [0, 0.05) is 31.5 Å². The van der Waals surface area contributed by atoms with Gasteiger partial charge in [-0.25, -0.2) is 9.78 Å². The molecule has 3 rings (SSSR count). The normalized spacial score (nSPS) is 17.1. The molecule has 158 valence electrons. The first-order chi connectivity index (χ1) is 13.6. The van der Waals surface area contributed by atoms with E-state index in [0.29, 0.717) is 13.0 Å². The van der Waals surface area contributed by atoms with Gasteiger partial charge in [-0.05, 0) is 13.8 Å². The van der Waals surface area contributed by atoms with Crippen LogP contribution < -0.4 is 10.1 Å². The lowest BCUT2D eigenvalue weighted by Crippen LogP contribution is -2.33. The van der Waals surface area contributed by atoms with Gasteiger partial charge in [-0.2, -0.15) is 13.2 Å². The van der Waals surface area contributed by atoms with Gasteiger partial charge in [-0.1, -0.05) is 0 Å². The number of rotatable bonds is 4. The second-order valence-corrected chi connectivity index (χ2v) is 7.70. The Labute approximate surface area is 168 Å². The molecule has 3 heterocycles. The Hall–Kier alpha value is -2.56. The highest BCUT2D eigenvalue weighted by molar-refractivity contribution is 7.17. The molecule has 29 heavy (non-hydrogen) atoms. The third kappa shape index (κ3) is 4.55. The number of hydrogen-bond donors (Lipinski definition) is 1. The minimum absolute atomic E-state index is 0.0528. The number of nitrogens with zero attached hydrogens (tertiary/aromatic N) is 2. The molecule has 0 aliphatic carbocycles. The first kappa shape index (κ1) is 21.2. The third-order valence-electron chi connectivity index (χ3n) is 4.30. The lowest BCUT2D eigenvalue weighted by Gasteiger charge is -2.18. The van der Waals surface area contributed by atoms with Gasteiger partial charge >= 0.3 is 12.3 Å². The predicted octanol–water partition coefficient (Wildman–Crippen LogP) is 3.67. The number of alkyl halides is 3. The topological polar surface area (TPSA) is 80.8 Å². The highest BCUT2D eigenvalue weighted by Gasteiger charge is 2.36. The number of thiophene rings is 1. The Morgan fingerprint density at radius 2 is 2.10 bits per heavy atom. The summed E-state index contributed by atoms with van der Waals surface area (Å²) in [7, 11) is 1.39. The molecule has 0 aromatic carbocycles. The number of nitrogens with one attached hydrogen (secondary N) is 1. The SMILES string of the molecule is CNC(=O)c1csc2c(C(F)(F)F)cc(O[C@H]3CCN(C(=O)OC(C)C)C3)nc12. The van der Waals surface area contributed by atoms with E-state index in [2.05, 4.69) is 10.3 Å². The Morgan fingerprint density at radius 1 is 1.38 bits per heavy atom. The summed E-state index contributed by atoms with van der Waals surface area (Å²) in [6, 6.07) is 0.835. The minimum atomic E-state index is -4.63. The lowest BCUT2D eigenvalue weighted by molar-refractivity contribution is -0.136. The average Bonchev–Trinajstić information content (AvgIpc) is 3.26. The predicted molar refractivity (Wildman–Crippen MR) is 100 cm³/mol. The summed E-state index contributed by atoms with van der Waals surface area (Å²) in [6.45, 7) is 4.00. The number of amides is 2. The summed E-state index contributed by atoms with van der Waals surface area (Å²) in [5.74, 6) is -0.769. The number of carbonyl (C=O) groups is 2. The molecule has 0 saturated carbocycles.